The summed E-state index contributed by atoms with van der Waals surface area (Å²) in [5.74, 6) is 5.38. The van der Waals surface area contributed by atoms with Crippen molar-refractivity contribution in [1.29, 1.82) is 5.26 Å². The number of nitrogens with one attached hydrogen (secondary N) is 1. The molecule has 3 aromatic rings. The largest absolute Gasteiger partial charge is 0.371 e. The van der Waals surface area contributed by atoms with Crippen LogP contribution in [0.1, 0.15) is 124 Å². The van der Waals surface area contributed by atoms with Gasteiger partial charge in [-0.05, 0) is 141 Å². The third-order valence-corrected chi connectivity index (χ3v) is 15.4. The molecular formula is C48H47ClN6O5. The number of benzene rings is 3. The van der Waals surface area contributed by atoms with Crippen molar-refractivity contribution in [3.63, 3.8) is 0 Å². The average molecular weight is 823 g/mol. The number of fused-ring (bicyclic) bond motifs is 5. The van der Waals surface area contributed by atoms with Crippen LogP contribution in [0.15, 0.2) is 54.6 Å². The van der Waals surface area contributed by atoms with Crippen LogP contribution >= 0.6 is 11.6 Å². The fourth-order valence-corrected chi connectivity index (χ4v) is 11.6. The number of carbonyl (C=O) groups is 5. The summed E-state index contributed by atoms with van der Waals surface area (Å²) < 4.78 is 0. The van der Waals surface area contributed by atoms with Gasteiger partial charge in [-0.1, -0.05) is 23.4 Å². The maximum atomic E-state index is 13.6. The molecule has 11 rings (SSSR count). The van der Waals surface area contributed by atoms with E-state index in [1.54, 1.807) is 6.07 Å². The second-order valence-electron chi connectivity index (χ2n) is 18.6. The first-order valence-electron chi connectivity index (χ1n) is 21.4. The summed E-state index contributed by atoms with van der Waals surface area (Å²) in [5.41, 5.74) is 6.45. The minimum atomic E-state index is -0.958. The van der Waals surface area contributed by atoms with Crippen LogP contribution in [0.5, 0.6) is 0 Å². The van der Waals surface area contributed by atoms with Crippen molar-refractivity contribution >= 4 is 46.8 Å². The molecule has 3 saturated heterocycles. The molecule has 1 N–H and O–H groups in total. The molecule has 3 aromatic carbocycles. The van der Waals surface area contributed by atoms with Crippen LogP contribution in [0.25, 0.3) is 0 Å². The predicted molar refractivity (Wildman–Crippen MR) is 224 cm³/mol. The van der Waals surface area contributed by atoms with Gasteiger partial charge in [-0.2, -0.15) is 5.26 Å². The molecule has 3 saturated carbocycles. The van der Waals surface area contributed by atoms with Gasteiger partial charge < -0.3 is 9.80 Å². The zero-order chi connectivity index (χ0) is 41.4. The topological polar surface area (TPSA) is 134 Å². The maximum Gasteiger partial charge on any atom is 0.262 e. The summed E-state index contributed by atoms with van der Waals surface area (Å²) >= 11 is 6.32. The zero-order valence-electron chi connectivity index (χ0n) is 33.7. The third kappa shape index (κ3) is 6.76. The molecule has 5 aliphatic heterocycles. The minimum Gasteiger partial charge on any atom is -0.371 e. The predicted octanol–water partition coefficient (Wildman–Crippen LogP) is 6.45. The molecule has 0 radical (unpaired) electrons. The highest BCUT2D eigenvalue weighted by molar-refractivity contribution is 6.32. The van der Waals surface area contributed by atoms with E-state index in [0.29, 0.717) is 27.3 Å². The average Bonchev–Trinajstić information content (AvgIpc) is 3.93. The number of hydrogen-bond donors (Lipinski definition) is 1. The quantitative estimate of drug-likeness (QED) is 0.229. The van der Waals surface area contributed by atoms with Crippen molar-refractivity contribution < 1.29 is 24.0 Å². The Morgan fingerprint density at radius 3 is 2.08 bits per heavy atom. The van der Waals surface area contributed by atoms with Gasteiger partial charge in [0.25, 0.3) is 17.7 Å². The second-order valence-corrected chi connectivity index (χ2v) is 19.0. The van der Waals surface area contributed by atoms with Gasteiger partial charge in [-0.15, -0.1) is 0 Å². The number of hydrogen-bond acceptors (Lipinski definition) is 8. The molecule has 3 aliphatic carbocycles. The molecule has 11 nitrogen and oxygen atoms in total. The first-order chi connectivity index (χ1) is 28.9. The van der Waals surface area contributed by atoms with Gasteiger partial charge in [0.15, 0.2) is 0 Å². The lowest BCUT2D eigenvalue weighted by molar-refractivity contribution is -0.136. The lowest BCUT2D eigenvalue weighted by Crippen LogP contribution is -2.54. The summed E-state index contributed by atoms with van der Waals surface area (Å²) in [7, 11) is 0. The van der Waals surface area contributed by atoms with E-state index in [-0.39, 0.29) is 40.9 Å². The Morgan fingerprint density at radius 1 is 0.817 bits per heavy atom. The zero-order valence-corrected chi connectivity index (χ0v) is 34.4. The van der Waals surface area contributed by atoms with E-state index >= 15 is 0 Å². The van der Waals surface area contributed by atoms with E-state index in [1.165, 1.54) is 0 Å². The Labute approximate surface area is 355 Å². The van der Waals surface area contributed by atoms with Crippen molar-refractivity contribution in [2.24, 2.45) is 16.2 Å². The van der Waals surface area contributed by atoms with Gasteiger partial charge in [0.05, 0.1) is 21.7 Å². The smallest absolute Gasteiger partial charge is 0.262 e. The van der Waals surface area contributed by atoms with Gasteiger partial charge in [0.2, 0.25) is 11.8 Å². The number of anilines is 1. The van der Waals surface area contributed by atoms with Crippen LogP contribution in [0.4, 0.5) is 5.69 Å². The molecule has 8 aliphatic rings. The third-order valence-electron chi connectivity index (χ3n) is 15.1. The summed E-state index contributed by atoms with van der Waals surface area (Å²) in [6.07, 6.45) is 9.85. The van der Waals surface area contributed by atoms with E-state index in [0.717, 1.165) is 131 Å². The fourth-order valence-electron chi connectivity index (χ4n) is 11.3. The molecular weight excluding hydrogens is 776 g/mol. The summed E-state index contributed by atoms with van der Waals surface area (Å²) in [6, 6.07) is 18.4. The number of imide groups is 2. The highest BCUT2D eigenvalue weighted by Gasteiger charge is 2.50. The second kappa shape index (κ2) is 14.6. The normalized spacial score (nSPS) is 26.8. The highest BCUT2D eigenvalue weighted by atomic mass is 35.5. The van der Waals surface area contributed by atoms with E-state index in [4.69, 9.17) is 11.6 Å². The monoisotopic (exact) mass is 822 g/mol. The number of carbonyl (C=O) groups excluding carboxylic acids is 5. The number of nitrogens with zero attached hydrogens (tertiary/aromatic N) is 5. The number of halogens is 1. The Kier molecular flexibility index (Phi) is 9.42. The van der Waals surface area contributed by atoms with E-state index in [2.05, 4.69) is 33.0 Å². The molecule has 1 unspecified atom stereocenters. The van der Waals surface area contributed by atoms with Gasteiger partial charge in [0.1, 0.15) is 12.1 Å². The van der Waals surface area contributed by atoms with E-state index in [9.17, 15) is 29.2 Å². The van der Waals surface area contributed by atoms with Crippen LogP contribution in [-0.4, -0.2) is 83.0 Å². The standard InChI is InChI=1S/C48H47ClN6O5/c49-39-25-36(6-5-33(39)26-50)54-22-19-48(30-54)17-20-53(21-18-48)43(58)32-3-1-31(2-4-32)9-10-46-11-14-47(15-12-46,16-13-46)29-52-27-34-23-37-38(24-35(34)28-52)45(60)55(44(37)59)40-7-8-41(56)51-42(40)57/h1-6,23-25,40H,7-8,11-22,27-30H2,(H,51,56,57). The highest BCUT2D eigenvalue weighted by Crippen LogP contribution is 2.57. The van der Waals surface area contributed by atoms with E-state index in [1.807, 2.05) is 53.4 Å². The SMILES string of the molecule is N#Cc1ccc(N2CCC3(CCN(C(=O)c4ccc(C#CC56CCC(CN7Cc8cc9c(cc8C7)C(=O)N(C7CCC(=O)NC7=O)C9=O)(CC5)CC6)cc4)CC3)C2)cc1Cl. The van der Waals surface area contributed by atoms with Gasteiger partial charge in [-0.25, -0.2) is 0 Å². The van der Waals surface area contributed by atoms with Crippen LogP contribution in [0, 0.1) is 39.4 Å². The van der Waals surface area contributed by atoms with Gasteiger partial charge in [0, 0.05) is 74.5 Å². The summed E-state index contributed by atoms with van der Waals surface area (Å²) in [5, 5.41) is 12.0. The Bertz CT molecular complexity index is 2400. The summed E-state index contributed by atoms with van der Waals surface area (Å²) in [4.78, 5) is 72.4. The van der Waals surface area contributed by atoms with Crippen LogP contribution < -0.4 is 10.2 Å². The minimum absolute atomic E-state index is 0.0199. The number of amides is 5. The van der Waals surface area contributed by atoms with Crippen molar-refractivity contribution in [3.8, 4) is 17.9 Å². The van der Waals surface area contributed by atoms with Gasteiger partial charge in [-0.3, -0.25) is 39.1 Å². The van der Waals surface area contributed by atoms with Crippen molar-refractivity contribution in [2.45, 2.75) is 89.8 Å². The maximum absolute atomic E-state index is 13.6. The molecule has 306 valence electrons. The molecule has 12 heteroatoms. The van der Waals surface area contributed by atoms with Crippen LogP contribution in [0.3, 0.4) is 0 Å². The van der Waals surface area contributed by atoms with Crippen molar-refractivity contribution in [2.75, 3.05) is 37.6 Å². The van der Waals surface area contributed by atoms with Crippen LogP contribution in [-0.2, 0) is 22.7 Å². The number of rotatable bonds is 5. The Balaban J connectivity index is 0.711. The number of nitriles is 1. The molecule has 5 amide bonds. The first kappa shape index (κ1) is 38.7. The fraction of sp³-hybridized carbons (Fsp3) is 0.458. The lowest BCUT2D eigenvalue weighted by Gasteiger charge is -2.52. The molecule has 60 heavy (non-hydrogen) atoms. The molecule has 5 heterocycles. The molecule has 6 fully saturated rings. The first-order valence-corrected chi connectivity index (χ1v) is 21.8. The molecule has 1 spiro atoms. The Hall–Kier alpha value is -5.49. The summed E-state index contributed by atoms with van der Waals surface area (Å²) in [6.45, 7) is 5.80. The Morgan fingerprint density at radius 2 is 1.47 bits per heavy atom. The molecule has 1 atom stereocenters. The number of likely N-dealkylation sites (tertiary alicyclic amines) is 1. The molecule has 0 aromatic heterocycles. The lowest BCUT2D eigenvalue weighted by atomic mass is 9.54. The van der Waals surface area contributed by atoms with Crippen molar-refractivity contribution in [3.05, 3.63) is 98.6 Å². The van der Waals surface area contributed by atoms with E-state index < -0.39 is 23.8 Å². The number of piperidine rings is 2. The van der Waals surface area contributed by atoms with Crippen molar-refractivity contribution in [1.82, 2.24) is 20.0 Å². The van der Waals surface area contributed by atoms with Gasteiger partial charge >= 0.3 is 0 Å². The van der Waals surface area contributed by atoms with Crippen LogP contribution in [0.2, 0.25) is 5.02 Å². The molecule has 2 bridgehead atoms.